The molecule has 1 saturated heterocycles. The number of hydrogen-bond donors (Lipinski definition) is 2. The van der Waals surface area contributed by atoms with Gasteiger partial charge in [0.05, 0.1) is 13.2 Å². The van der Waals surface area contributed by atoms with Gasteiger partial charge in [-0.2, -0.15) is 0 Å². The van der Waals surface area contributed by atoms with E-state index in [1.54, 1.807) is 0 Å². The summed E-state index contributed by atoms with van der Waals surface area (Å²) in [4.78, 5) is 25.0. The summed E-state index contributed by atoms with van der Waals surface area (Å²) in [6, 6.07) is -0.842. The van der Waals surface area contributed by atoms with E-state index in [1.165, 1.54) is 4.90 Å². The Balaban J connectivity index is 2.08. The van der Waals surface area contributed by atoms with E-state index >= 15 is 0 Å². The van der Waals surface area contributed by atoms with Crippen molar-refractivity contribution in [3.63, 3.8) is 0 Å². The zero-order valence-electron chi connectivity index (χ0n) is 10.4. The fraction of sp³-hybridized carbons (Fsp3) is 0.833. The van der Waals surface area contributed by atoms with Gasteiger partial charge >= 0.3 is 5.97 Å². The number of amides is 1. The van der Waals surface area contributed by atoms with Crippen LogP contribution in [-0.2, 0) is 14.3 Å². The first kappa shape index (κ1) is 13.3. The van der Waals surface area contributed by atoms with E-state index in [1.807, 2.05) is 0 Å². The van der Waals surface area contributed by atoms with Crippen LogP contribution in [0.2, 0.25) is 0 Å². The third-order valence-corrected chi connectivity index (χ3v) is 3.98. The summed E-state index contributed by atoms with van der Waals surface area (Å²) >= 11 is 0. The minimum absolute atomic E-state index is 0.0568. The number of rotatable bonds is 3. The van der Waals surface area contributed by atoms with Crippen LogP contribution in [0.4, 0.5) is 0 Å². The standard InChI is InChI=1S/C12H20N2O4/c13-6-8-2-1-3-9(8)11(15)14-4-5-18-7-10(14)12(16)17/h8-10H,1-7,13H2,(H,16,17). The number of morpholine rings is 1. The van der Waals surface area contributed by atoms with Crippen LogP contribution in [0.5, 0.6) is 0 Å². The quantitative estimate of drug-likeness (QED) is 0.721. The molecule has 3 atom stereocenters. The minimum atomic E-state index is -0.995. The Bertz CT molecular complexity index is 334. The molecule has 2 fully saturated rings. The number of nitrogens with two attached hydrogens (primary N) is 1. The molecule has 2 aliphatic rings. The number of carbonyl (C=O) groups is 2. The molecule has 0 aromatic heterocycles. The van der Waals surface area contributed by atoms with E-state index < -0.39 is 12.0 Å². The Morgan fingerprint density at radius 3 is 2.83 bits per heavy atom. The summed E-state index contributed by atoms with van der Waals surface area (Å²) in [7, 11) is 0. The van der Waals surface area contributed by atoms with Crippen molar-refractivity contribution in [3.05, 3.63) is 0 Å². The van der Waals surface area contributed by atoms with Crippen molar-refractivity contribution in [1.29, 1.82) is 0 Å². The number of carbonyl (C=O) groups excluding carboxylic acids is 1. The molecule has 1 saturated carbocycles. The summed E-state index contributed by atoms with van der Waals surface area (Å²) < 4.78 is 5.14. The molecule has 1 aliphatic heterocycles. The molecule has 2 rings (SSSR count). The van der Waals surface area contributed by atoms with Gasteiger partial charge in [0.25, 0.3) is 0 Å². The molecule has 0 bridgehead atoms. The molecule has 6 nitrogen and oxygen atoms in total. The molecule has 18 heavy (non-hydrogen) atoms. The molecule has 0 radical (unpaired) electrons. The minimum Gasteiger partial charge on any atom is -0.480 e. The predicted molar refractivity (Wildman–Crippen MR) is 63.8 cm³/mol. The first-order chi connectivity index (χ1) is 8.65. The molecule has 0 aromatic rings. The number of ether oxygens (including phenoxy) is 1. The van der Waals surface area contributed by atoms with Gasteiger partial charge in [-0.3, -0.25) is 4.79 Å². The summed E-state index contributed by atoms with van der Waals surface area (Å²) in [5.74, 6) is -0.950. The number of carboxylic acids is 1. The second-order valence-corrected chi connectivity index (χ2v) is 4.99. The number of nitrogens with zero attached hydrogens (tertiary/aromatic N) is 1. The molecule has 1 aliphatic carbocycles. The lowest BCUT2D eigenvalue weighted by molar-refractivity contribution is -0.160. The van der Waals surface area contributed by atoms with Crippen LogP contribution in [0.25, 0.3) is 0 Å². The third kappa shape index (κ3) is 2.49. The molecular weight excluding hydrogens is 236 g/mol. The Morgan fingerprint density at radius 2 is 2.17 bits per heavy atom. The van der Waals surface area contributed by atoms with E-state index in [4.69, 9.17) is 15.6 Å². The van der Waals surface area contributed by atoms with Crippen molar-refractivity contribution >= 4 is 11.9 Å². The van der Waals surface area contributed by atoms with Crippen LogP contribution < -0.4 is 5.73 Å². The highest BCUT2D eigenvalue weighted by atomic mass is 16.5. The van der Waals surface area contributed by atoms with Gasteiger partial charge < -0.3 is 20.5 Å². The van der Waals surface area contributed by atoms with Crippen LogP contribution in [0, 0.1) is 11.8 Å². The fourth-order valence-electron chi connectivity index (χ4n) is 2.93. The topological polar surface area (TPSA) is 92.9 Å². The van der Waals surface area contributed by atoms with Crippen LogP contribution >= 0.6 is 0 Å². The van der Waals surface area contributed by atoms with Crippen LogP contribution in [0.15, 0.2) is 0 Å². The Hall–Kier alpha value is -1.14. The summed E-state index contributed by atoms with van der Waals surface area (Å²) in [6.07, 6.45) is 2.79. The number of aliphatic carboxylic acids is 1. The first-order valence-electron chi connectivity index (χ1n) is 6.46. The smallest absolute Gasteiger partial charge is 0.328 e. The highest BCUT2D eigenvalue weighted by molar-refractivity contribution is 5.85. The fourth-order valence-corrected chi connectivity index (χ4v) is 2.93. The van der Waals surface area contributed by atoms with Crippen molar-refractivity contribution in [1.82, 2.24) is 4.90 Å². The molecular formula is C12H20N2O4. The van der Waals surface area contributed by atoms with E-state index in [0.717, 1.165) is 19.3 Å². The molecule has 3 unspecified atom stereocenters. The lowest BCUT2D eigenvalue weighted by Crippen LogP contribution is -2.54. The monoisotopic (exact) mass is 256 g/mol. The van der Waals surface area contributed by atoms with Crippen molar-refractivity contribution in [2.24, 2.45) is 17.6 Å². The van der Waals surface area contributed by atoms with E-state index in [0.29, 0.717) is 19.7 Å². The lowest BCUT2D eigenvalue weighted by atomic mass is 9.94. The number of carboxylic acid groups (broad SMARTS) is 1. The highest BCUT2D eigenvalue weighted by Crippen LogP contribution is 2.33. The first-order valence-corrected chi connectivity index (χ1v) is 6.46. The van der Waals surface area contributed by atoms with Gasteiger partial charge in [0.2, 0.25) is 5.91 Å². The molecule has 0 aromatic carbocycles. The summed E-state index contributed by atoms with van der Waals surface area (Å²) in [5, 5.41) is 9.12. The van der Waals surface area contributed by atoms with Gasteiger partial charge in [-0.1, -0.05) is 6.42 Å². The SMILES string of the molecule is NCC1CCCC1C(=O)N1CCOCC1C(=O)O. The lowest BCUT2D eigenvalue weighted by Gasteiger charge is -2.35. The molecule has 6 heteroatoms. The van der Waals surface area contributed by atoms with Crippen molar-refractivity contribution in [3.8, 4) is 0 Å². The van der Waals surface area contributed by atoms with Crippen molar-refractivity contribution in [2.75, 3.05) is 26.3 Å². The van der Waals surface area contributed by atoms with Gasteiger partial charge in [0.1, 0.15) is 0 Å². The predicted octanol–water partition coefficient (Wildman–Crippen LogP) is -0.327. The van der Waals surface area contributed by atoms with Crippen molar-refractivity contribution in [2.45, 2.75) is 25.3 Å². The van der Waals surface area contributed by atoms with E-state index in [2.05, 4.69) is 0 Å². The Labute approximate surface area is 106 Å². The second kappa shape index (κ2) is 5.67. The third-order valence-electron chi connectivity index (χ3n) is 3.98. The molecule has 1 amide bonds. The Kier molecular flexibility index (Phi) is 4.19. The van der Waals surface area contributed by atoms with Gasteiger partial charge in [-0.05, 0) is 25.3 Å². The normalized spacial score (nSPS) is 32.5. The summed E-state index contributed by atoms with van der Waals surface area (Å²) in [5.41, 5.74) is 5.67. The van der Waals surface area contributed by atoms with Crippen LogP contribution in [0.1, 0.15) is 19.3 Å². The van der Waals surface area contributed by atoms with E-state index in [9.17, 15) is 9.59 Å². The highest BCUT2D eigenvalue weighted by Gasteiger charge is 2.40. The maximum Gasteiger partial charge on any atom is 0.328 e. The number of hydrogen-bond acceptors (Lipinski definition) is 4. The zero-order valence-corrected chi connectivity index (χ0v) is 10.4. The van der Waals surface area contributed by atoms with E-state index in [-0.39, 0.29) is 24.3 Å². The van der Waals surface area contributed by atoms with Gasteiger partial charge in [0, 0.05) is 12.5 Å². The maximum atomic E-state index is 12.4. The second-order valence-electron chi connectivity index (χ2n) is 4.99. The van der Waals surface area contributed by atoms with Crippen LogP contribution in [-0.4, -0.2) is 54.2 Å². The molecule has 3 N–H and O–H groups in total. The van der Waals surface area contributed by atoms with Gasteiger partial charge in [-0.15, -0.1) is 0 Å². The molecule has 0 spiro atoms. The van der Waals surface area contributed by atoms with Gasteiger partial charge in [-0.25, -0.2) is 4.79 Å². The average Bonchev–Trinajstić information content (AvgIpc) is 2.86. The van der Waals surface area contributed by atoms with Crippen molar-refractivity contribution < 1.29 is 19.4 Å². The maximum absolute atomic E-state index is 12.4. The van der Waals surface area contributed by atoms with Gasteiger partial charge in [0.15, 0.2) is 6.04 Å². The molecule has 102 valence electrons. The van der Waals surface area contributed by atoms with Crippen LogP contribution in [0.3, 0.4) is 0 Å². The average molecular weight is 256 g/mol. The zero-order chi connectivity index (χ0) is 13.1. The molecule has 1 heterocycles. The Morgan fingerprint density at radius 1 is 1.39 bits per heavy atom. The largest absolute Gasteiger partial charge is 0.480 e. The summed E-state index contributed by atoms with van der Waals surface area (Å²) in [6.45, 7) is 1.36.